The molecule has 88 valence electrons. The highest BCUT2D eigenvalue weighted by Gasteiger charge is 2.10. The van der Waals surface area contributed by atoms with Crippen LogP contribution in [0.2, 0.25) is 10.2 Å². The maximum absolute atomic E-state index is 11.7. The second-order valence-electron chi connectivity index (χ2n) is 3.51. The molecule has 0 aliphatic heterocycles. The molecule has 1 heterocycles. The number of carbonyl (C=O) groups excluding carboxylic acids is 1. The lowest BCUT2D eigenvalue weighted by Gasteiger charge is -2.03. The van der Waals surface area contributed by atoms with Crippen LogP contribution < -0.4 is 5.32 Å². The van der Waals surface area contributed by atoms with Gasteiger partial charge in [0.15, 0.2) is 0 Å². The third kappa shape index (κ3) is 3.02. The molecule has 2 aromatic rings. The van der Waals surface area contributed by atoms with Crippen LogP contribution in [0, 0.1) is 0 Å². The van der Waals surface area contributed by atoms with Crippen LogP contribution in [0.1, 0.15) is 16.1 Å². The topological polar surface area (TPSA) is 44.9 Å². The summed E-state index contributed by atoms with van der Waals surface area (Å²) in [6.45, 7) is 0.466. The van der Waals surface area contributed by atoms with Gasteiger partial charge in [-0.3, -0.25) is 4.79 Å². The molecule has 0 aliphatic rings. The van der Waals surface area contributed by atoms with Gasteiger partial charge in [0.25, 0.3) is 5.91 Å². The number of rotatable bonds is 3. The number of aromatic nitrogens is 1. The van der Waals surface area contributed by atoms with Crippen molar-refractivity contribution in [1.82, 2.24) is 10.3 Å². The Bertz CT molecular complexity index is 503. The maximum atomic E-state index is 11.7. The molecule has 0 unspecified atom stereocenters. The van der Waals surface area contributed by atoms with Gasteiger partial charge in [0.2, 0.25) is 0 Å². The van der Waals surface area contributed by atoms with Crippen LogP contribution in [0.5, 0.6) is 0 Å². The molecule has 0 aliphatic carbocycles. The van der Waals surface area contributed by atoms with Gasteiger partial charge in [-0.25, -0.2) is 0 Å². The zero-order chi connectivity index (χ0) is 12.3. The molecule has 1 aromatic carbocycles. The van der Waals surface area contributed by atoms with Crippen molar-refractivity contribution < 1.29 is 4.79 Å². The summed E-state index contributed by atoms with van der Waals surface area (Å²) in [4.78, 5) is 14.4. The first-order valence-electron chi connectivity index (χ1n) is 5.03. The van der Waals surface area contributed by atoms with Gasteiger partial charge in [-0.2, -0.15) is 0 Å². The lowest BCUT2D eigenvalue weighted by molar-refractivity contribution is 0.0946. The molecule has 0 spiro atoms. The first-order valence-corrected chi connectivity index (χ1v) is 5.78. The van der Waals surface area contributed by atoms with Crippen LogP contribution >= 0.6 is 23.2 Å². The fourth-order valence-corrected chi connectivity index (χ4v) is 1.71. The summed E-state index contributed by atoms with van der Waals surface area (Å²) in [6, 6.07) is 11.2. The molecule has 0 bridgehead atoms. The number of benzene rings is 1. The molecule has 0 fully saturated rings. The van der Waals surface area contributed by atoms with Gasteiger partial charge in [-0.1, -0.05) is 53.5 Å². The lowest BCUT2D eigenvalue weighted by atomic mass is 10.2. The Balaban J connectivity index is 1.98. The van der Waals surface area contributed by atoms with Crippen molar-refractivity contribution >= 4 is 29.1 Å². The first kappa shape index (κ1) is 12.0. The number of amides is 1. The van der Waals surface area contributed by atoms with Gasteiger partial charge in [0.05, 0.1) is 5.02 Å². The fraction of sp³-hybridized carbons (Fsp3) is 0.0833. The number of hydrogen-bond donors (Lipinski definition) is 2. The molecule has 5 heteroatoms. The number of nitrogens with one attached hydrogen (secondary N) is 2. The molecule has 0 atom stereocenters. The van der Waals surface area contributed by atoms with Gasteiger partial charge in [-0.05, 0) is 11.6 Å². The van der Waals surface area contributed by atoms with E-state index in [2.05, 4.69) is 10.3 Å². The molecule has 0 saturated carbocycles. The highest BCUT2D eigenvalue weighted by atomic mass is 35.5. The smallest absolute Gasteiger partial charge is 0.268 e. The summed E-state index contributed by atoms with van der Waals surface area (Å²) in [7, 11) is 0. The number of H-pyrrole nitrogens is 1. The van der Waals surface area contributed by atoms with Crippen LogP contribution in [0.15, 0.2) is 36.4 Å². The first-order chi connectivity index (χ1) is 8.16. The van der Waals surface area contributed by atoms with Crippen molar-refractivity contribution in [3.8, 4) is 0 Å². The van der Waals surface area contributed by atoms with E-state index in [4.69, 9.17) is 23.2 Å². The molecule has 2 rings (SSSR count). The Hall–Kier alpha value is -1.45. The van der Waals surface area contributed by atoms with Crippen molar-refractivity contribution in [3.63, 3.8) is 0 Å². The van der Waals surface area contributed by atoms with E-state index in [0.717, 1.165) is 5.56 Å². The number of carbonyl (C=O) groups is 1. The molecule has 0 radical (unpaired) electrons. The average molecular weight is 269 g/mol. The Morgan fingerprint density at radius 3 is 2.53 bits per heavy atom. The quantitative estimate of drug-likeness (QED) is 0.882. The summed E-state index contributed by atoms with van der Waals surface area (Å²) in [5.41, 5.74) is 1.39. The Kier molecular flexibility index (Phi) is 3.71. The number of halogens is 2. The molecule has 2 N–H and O–H groups in total. The number of hydrogen-bond acceptors (Lipinski definition) is 1. The molecule has 3 nitrogen and oxygen atoms in total. The van der Waals surface area contributed by atoms with Gasteiger partial charge in [-0.15, -0.1) is 0 Å². The van der Waals surface area contributed by atoms with Crippen LogP contribution in [0.3, 0.4) is 0 Å². The monoisotopic (exact) mass is 268 g/mol. The largest absolute Gasteiger partial charge is 0.347 e. The normalized spacial score (nSPS) is 10.2. The van der Waals surface area contributed by atoms with Crippen molar-refractivity contribution in [2.75, 3.05) is 0 Å². The fourth-order valence-electron chi connectivity index (χ4n) is 1.40. The van der Waals surface area contributed by atoms with E-state index in [1.54, 1.807) is 0 Å². The van der Waals surface area contributed by atoms with Crippen LogP contribution in [-0.2, 0) is 6.54 Å². The molecular weight excluding hydrogens is 259 g/mol. The minimum Gasteiger partial charge on any atom is -0.347 e. The van der Waals surface area contributed by atoms with E-state index in [-0.39, 0.29) is 11.1 Å². The van der Waals surface area contributed by atoms with Crippen molar-refractivity contribution in [2.24, 2.45) is 0 Å². The lowest BCUT2D eigenvalue weighted by Crippen LogP contribution is -2.22. The van der Waals surface area contributed by atoms with Gasteiger partial charge in [0.1, 0.15) is 10.8 Å². The van der Waals surface area contributed by atoms with Gasteiger partial charge < -0.3 is 10.3 Å². The highest BCUT2D eigenvalue weighted by Crippen LogP contribution is 2.21. The van der Waals surface area contributed by atoms with Crippen molar-refractivity contribution in [3.05, 3.63) is 57.8 Å². The summed E-state index contributed by atoms with van der Waals surface area (Å²) in [5.74, 6) is -0.234. The maximum Gasteiger partial charge on any atom is 0.268 e. The van der Waals surface area contributed by atoms with E-state index in [1.165, 1.54) is 6.07 Å². The molecule has 0 saturated heterocycles. The standard InChI is InChI=1S/C12H10Cl2N2O/c13-9-6-10(16-11(9)14)12(17)15-7-8-4-2-1-3-5-8/h1-6,16H,7H2,(H,15,17). The zero-order valence-corrected chi connectivity index (χ0v) is 10.3. The molecular formula is C12H10Cl2N2O. The zero-order valence-electron chi connectivity index (χ0n) is 8.84. The van der Waals surface area contributed by atoms with Gasteiger partial charge in [0, 0.05) is 6.54 Å². The van der Waals surface area contributed by atoms with Crippen LogP contribution in [0.4, 0.5) is 0 Å². The molecule has 1 amide bonds. The second-order valence-corrected chi connectivity index (χ2v) is 4.30. The summed E-state index contributed by atoms with van der Waals surface area (Å²) in [5, 5.41) is 3.39. The molecule has 17 heavy (non-hydrogen) atoms. The van der Waals surface area contributed by atoms with Crippen LogP contribution in [-0.4, -0.2) is 10.9 Å². The van der Waals surface area contributed by atoms with Crippen molar-refractivity contribution in [2.45, 2.75) is 6.54 Å². The summed E-state index contributed by atoms with van der Waals surface area (Å²) >= 11 is 11.5. The Labute approximate surface area is 109 Å². The predicted octanol–water partition coefficient (Wildman–Crippen LogP) is 3.25. The van der Waals surface area contributed by atoms with E-state index in [1.807, 2.05) is 30.3 Å². The second kappa shape index (κ2) is 5.25. The van der Waals surface area contributed by atoms with E-state index in [0.29, 0.717) is 17.3 Å². The third-order valence-electron chi connectivity index (χ3n) is 2.27. The average Bonchev–Trinajstić information content (AvgIpc) is 2.68. The summed E-state index contributed by atoms with van der Waals surface area (Å²) < 4.78 is 0. The van der Waals surface area contributed by atoms with Crippen molar-refractivity contribution in [1.29, 1.82) is 0 Å². The molecule has 1 aromatic heterocycles. The number of aromatic amines is 1. The highest BCUT2D eigenvalue weighted by molar-refractivity contribution is 6.41. The van der Waals surface area contributed by atoms with E-state index < -0.39 is 0 Å². The SMILES string of the molecule is O=C(NCc1ccccc1)c1cc(Cl)c(Cl)[nH]1. The van der Waals surface area contributed by atoms with Gasteiger partial charge >= 0.3 is 0 Å². The third-order valence-corrected chi connectivity index (χ3v) is 2.96. The minimum absolute atomic E-state index is 0.234. The summed E-state index contributed by atoms with van der Waals surface area (Å²) in [6.07, 6.45) is 0. The van der Waals surface area contributed by atoms with Crippen LogP contribution in [0.25, 0.3) is 0 Å². The van der Waals surface area contributed by atoms with E-state index >= 15 is 0 Å². The van der Waals surface area contributed by atoms with E-state index in [9.17, 15) is 4.79 Å². The Morgan fingerprint density at radius 1 is 1.24 bits per heavy atom. The predicted molar refractivity (Wildman–Crippen MR) is 68.4 cm³/mol. The Morgan fingerprint density at radius 2 is 1.94 bits per heavy atom. The minimum atomic E-state index is -0.234.